The molecule has 0 saturated heterocycles. The van der Waals surface area contributed by atoms with Gasteiger partial charge in [0.1, 0.15) is 0 Å². The van der Waals surface area contributed by atoms with Crippen LogP contribution in [0.15, 0.2) is 72.2 Å². The average Bonchev–Trinajstić information content (AvgIpc) is 3.09. The summed E-state index contributed by atoms with van der Waals surface area (Å²) < 4.78 is 2.04. The number of aromatic nitrogens is 2. The van der Waals surface area contributed by atoms with Crippen molar-refractivity contribution in [3.8, 4) is 0 Å². The van der Waals surface area contributed by atoms with Crippen molar-refractivity contribution in [3.05, 3.63) is 83.9 Å². The van der Waals surface area contributed by atoms with Gasteiger partial charge in [0.05, 0.1) is 12.9 Å². The molecule has 2 aromatic carbocycles. The molecule has 24 heavy (non-hydrogen) atoms. The molecule has 0 unspecified atom stereocenters. The molecule has 0 atom stereocenters. The average molecular weight is 319 g/mol. The molecule has 5 heteroatoms. The highest BCUT2D eigenvalue weighted by molar-refractivity contribution is 5.92. The third kappa shape index (κ3) is 4.46. The fourth-order valence-electron chi connectivity index (χ4n) is 2.34. The molecule has 0 aliphatic heterocycles. The molecule has 1 heterocycles. The Morgan fingerprint density at radius 2 is 1.79 bits per heavy atom. The van der Waals surface area contributed by atoms with Crippen LogP contribution in [0.25, 0.3) is 0 Å². The van der Waals surface area contributed by atoms with Gasteiger partial charge in [0.25, 0.3) is 0 Å². The molecule has 0 spiro atoms. The number of hydrogen-bond acceptors (Lipinski definition) is 2. The van der Waals surface area contributed by atoms with E-state index >= 15 is 0 Å². The molecule has 122 valence electrons. The largest absolute Gasteiger partial charge is 0.370 e. The summed E-state index contributed by atoms with van der Waals surface area (Å²) in [4.78, 5) is 8.43. The molecule has 1 aromatic heterocycles. The molecule has 3 N–H and O–H groups in total. The van der Waals surface area contributed by atoms with Crippen LogP contribution in [0, 0.1) is 6.92 Å². The molecule has 0 saturated carbocycles. The number of anilines is 1. The van der Waals surface area contributed by atoms with Crippen LogP contribution in [-0.2, 0) is 13.1 Å². The first-order valence-electron chi connectivity index (χ1n) is 7.86. The Balaban J connectivity index is 1.56. The van der Waals surface area contributed by atoms with E-state index in [0.717, 1.165) is 17.8 Å². The van der Waals surface area contributed by atoms with Crippen molar-refractivity contribution in [2.75, 3.05) is 5.32 Å². The van der Waals surface area contributed by atoms with Gasteiger partial charge in [0, 0.05) is 24.6 Å². The van der Waals surface area contributed by atoms with E-state index in [9.17, 15) is 0 Å². The highest BCUT2D eigenvalue weighted by Gasteiger charge is 1.98. The van der Waals surface area contributed by atoms with Crippen molar-refractivity contribution in [3.63, 3.8) is 0 Å². The number of rotatable bonds is 5. The van der Waals surface area contributed by atoms with E-state index in [1.807, 2.05) is 41.4 Å². The number of aliphatic imine (C=N–C) groups is 1. The van der Waals surface area contributed by atoms with Gasteiger partial charge in [-0.1, -0.05) is 42.0 Å². The summed E-state index contributed by atoms with van der Waals surface area (Å²) in [6.45, 7) is 3.43. The Kier molecular flexibility index (Phi) is 4.91. The lowest BCUT2D eigenvalue weighted by molar-refractivity contribution is 0.796. The fraction of sp³-hybridized carbons (Fsp3) is 0.158. The van der Waals surface area contributed by atoms with E-state index < -0.39 is 0 Å². The van der Waals surface area contributed by atoms with Gasteiger partial charge >= 0.3 is 0 Å². The van der Waals surface area contributed by atoms with Crippen LogP contribution < -0.4 is 11.1 Å². The van der Waals surface area contributed by atoms with Gasteiger partial charge in [0.2, 0.25) is 0 Å². The second-order valence-corrected chi connectivity index (χ2v) is 5.74. The summed E-state index contributed by atoms with van der Waals surface area (Å²) >= 11 is 0. The van der Waals surface area contributed by atoms with Crippen molar-refractivity contribution < 1.29 is 0 Å². The predicted octanol–water partition coefficient (Wildman–Crippen LogP) is 3.17. The number of hydrogen-bond donors (Lipinski definition) is 2. The summed E-state index contributed by atoms with van der Waals surface area (Å²) in [7, 11) is 0. The zero-order valence-electron chi connectivity index (χ0n) is 13.7. The minimum atomic E-state index is 0.418. The number of nitrogens with two attached hydrogens (primary N) is 1. The molecular formula is C19H21N5. The summed E-state index contributed by atoms with van der Waals surface area (Å²) in [6, 6.07) is 16.4. The molecule has 3 rings (SSSR count). The van der Waals surface area contributed by atoms with E-state index in [0.29, 0.717) is 12.5 Å². The monoisotopic (exact) mass is 319 g/mol. The number of aryl methyl sites for hydroxylation is 1. The second-order valence-electron chi connectivity index (χ2n) is 5.74. The summed E-state index contributed by atoms with van der Waals surface area (Å²) in [5.74, 6) is 0.418. The Labute approximate surface area is 141 Å². The van der Waals surface area contributed by atoms with Crippen LogP contribution in [-0.4, -0.2) is 15.5 Å². The SMILES string of the molecule is Cc1ccc(NC(N)=NCc2ccc(Cn3ccnc3)cc2)cc1. The van der Waals surface area contributed by atoms with Gasteiger partial charge in [-0.15, -0.1) is 0 Å². The van der Waals surface area contributed by atoms with Crippen LogP contribution in [0.3, 0.4) is 0 Å². The first-order valence-corrected chi connectivity index (χ1v) is 7.86. The predicted molar refractivity (Wildman–Crippen MR) is 97.9 cm³/mol. The van der Waals surface area contributed by atoms with Crippen molar-refractivity contribution in [1.82, 2.24) is 9.55 Å². The van der Waals surface area contributed by atoms with Gasteiger partial charge in [-0.05, 0) is 30.2 Å². The molecule has 0 bridgehead atoms. The van der Waals surface area contributed by atoms with E-state index in [4.69, 9.17) is 5.73 Å². The lowest BCUT2D eigenvalue weighted by Crippen LogP contribution is -2.22. The highest BCUT2D eigenvalue weighted by Crippen LogP contribution is 2.09. The first-order chi connectivity index (χ1) is 11.7. The van der Waals surface area contributed by atoms with E-state index in [-0.39, 0.29) is 0 Å². The smallest absolute Gasteiger partial charge is 0.193 e. The number of imidazole rings is 1. The zero-order chi connectivity index (χ0) is 16.8. The summed E-state index contributed by atoms with van der Waals surface area (Å²) in [6.07, 6.45) is 5.55. The van der Waals surface area contributed by atoms with Gasteiger partial charge in [0.15, 0.2) is 5.96 Å². The normalized spacial score (nSPS) is 11.5. The zero-order valence-corrected chi connectivity index (χ0v) is 13.7. The molecule has 0 aliphatic carbocycles. The van der Waals surface area contributed by atoms with Crippen LogP contribution >= 0.6 is 0 Å². The standard InChI is InChI=1S/C19H21N5/c1-15-2-8-18(9-3-15)23-19(20)22-12-16-4-6-17(7-5-16)13-24-11-10-21-14-24/h2-11,14H,12-13H2,1H3,(H3,20,22,23). The van der Waals surface area contributed by atoms with Gasteiger partial charge in [-0.25, -0.2) is 9.98 Å². The lowest BCUT2D eigenvalue weighted by Gasteiger charge is -2.07. The maximum Gasteiger partial charge on any atom is 0.193 e. The molecule has 3 aromatic rings. The van der Waals surface area contributed by atoms with Crippen molar-refractivity contribution in [2.45, 2.75) is 20.0 Å². The van der Waals surface area contributed by atoms with Crippen molar-refractivity contribution >= 4 is 11.6 Å². The second kappa shape index (κ2) is 7.46. The van der Waals surface area contributed by atoms with Crippen LogP contribution in [0.1, 0.15) is 16.7 Å². The molecule has 0 radical (unpaired) electrons. The van der Waals surface area contributed by atoms with Crippen molar-refractivity contribution in [2.24, 2.45) is 10.7 Å². The van der Waals surface area contributed by atoms with E-state index in [1.165, 1.54) is 11.1 Å². The van der Waals surface area contributed by atoms with Gasteiger partial charge in [-0.3, -0.25) is 0 Å². The Bertz CT molecular complexity index is 787. The van der Waals surface area contributed by atoms with Crippen molar-refractivity contribution in [1.29, 1.82) is 0 Å². The van der Waals surface area contributed by atoms with E-state index in [2.05, 4.69) is 46.5 Å². The first kappa shape index (κ1) is 15.8. The minimum Gasteiger partial charge on any atom is -0.370 e. The Hall–Kier alpha value is -3.08. The number of nitrogens with one attached hydrogen (secondary N) is 1. The highest BCUT2D eigenvalue weighted by atomic mass is 15.1. The minimum absolute atomic E-state index is 0.418. The molecule has 0 aliphatic rings. The third-order valence-corrected chi connectivity index (χ3v) is 3.70. The maximum absolute atomic E-state index is 5.94. The molecule has 0 amide bonds. The van der Waals surface area contributed by atoms with E-state index in [1.54, 1.807) is 6.20 Å². The third-order valence-electron chi connectivity index (χ3n) is 3.70. The Morgan fingerprint density at radius 1 is 1.08 bits per heavy atom. The molecule has 0 fully saturated rings. The molecular weight excluding hydrogens is 298 g/mol. The van der Waals surface area contributed by atoms with Crippen LogP contribution in [0.4, 0.5) is 5.69 Å². The van der Waals surface area contributed by atoms with Gasteiger partial charge < -0.3 is 15.6 Å². The molecule has 5 nitrogen and oxygen atoms in total. The lowest BCUT2D eigenvalue weighted by atomic mass is 10.1. The number of guanidine groups is 1. The Morgan fingerprint density at radius 3 is 2.46 bits per heavy atom. The summed E-state index contributed by atoms with van der Waals surface area (Å²) in [5.41, 5.74) is 10.4. The van der Waals surface area contributed by atoms with Crippen LogP contribution in [0.5, 0.6) is 0 Å². The number of nitrogens with zero attached hydrogens (tertiary/aromatic N) is 3. The maximum atomic E-state index is 5.94. The topological polar surface area (TPSA) is 68.2 Å². The fourth-order valence-corrected chi connectivity index (χ4v) is 2.34. The number of benzene rings is 2. The van der Waals surface area contributed by atoms with Gasteiger partial charge in [-0.2, -0.15) is 0 Å². The van der Waals surface area contributed by atoms with Crippen LogP contribution in [0.2, 0.25) is 0 Å². The summed E-state index contributed by atoms with van der Waals surface area (Å²) in [5, 5.41) is 3.10. The quantitative estimate of drug-likeness (QED) is 0.560.